The van der Waals surface area contributed by atoms with E-state index in [1.807, 2.05) is 0 Å². The number of thioether (sulfide) groups is 2. The lowest BCUT2D eigenvalue weighted by atomic mass is 10.0. The summed E-state index contributed by atoms with van der Waals surface area (Å²) in [6.45, 7) is 8.93. The number of rotatable bonds is 35. The SMILES string of the molecule is CCCCCCCCCCCCCCCCC(C)SC(=O)CCC(=O)SC(C)CCCCCCCCCCCCCCCC. The summed E-state index contributed by atoms with van der Waals surface area (Å²) in [6, 6.07) is 0. The first-order chi connectivity index (χ1) is 21.5. The third kappa shape index (κ3) is 34.9. The molecule has 2 unspecified atom stereocenters. The van der Waals surface area contributed by atoms with Gasteiger partial charge in [-0.05, 0) is 12.8 Å². The maximum absolute atomic E-state index is 12.4. The molecule has 0 N–H and O–H groups in total. The third-order valence-electron chi connectivity index (χ3n) is 9.13. The van der Waals surface area contributed by atoms with Crippen LogP contribution < -0.4 is 0 Å². The molecule has 0 aromatic heterocycles. The molecular formula is C40H78O2S2. The number of carbonyl (C=O) groups is 2. The Kier molecular flexibility index (Phi) is 35.9. The summed E-state index contributed by atoms with van der Waals surface area (Å²) >= 11 is 2.95. The minimum Gasteiger partial charge on any atom is -0.287 e. The van der Waals surface area contributed by atoms with Crippen LogP contribution in [0.25, 0.3) is 0 Å². The van der Waals surface area contributed by atoms with Gasteiger partial charge in [0.2, 0.25) is 0 Å². The Balaban J connectivity index is 3.50. The van der Waals surface area contributed by atoms with Gasteiger partial charge >= 0.3 is 0 Å². The van der Waals surface area contributed by atoms with Gasteiger partial charge in [0.05, 0.1) is 0 Å². The summed E-state index contributed by atoms with van der Waals surface area (Å²) in [7, 11) is 0. The fourth-order valence-corrected chi connectivity index (χ4v) is 8.05. The van der Waals surface area contributed by atoms with Crippen LogP contribution >= 0.6 is 23.5 Å². The Bertz CT molecular complexity index is 556. The molecule has 0 saturated heterocycles. The smallest absolute Gasteiger partial charge is 0.189 e. The van der Waals surface area contributed by atoms with Crippen LogP contribution in [0.5, 0.6) is 0 Å². The molecule has 0 fully saturated rings. The van der Waals surface area contributed by atoms with Gasteiger partial charge < -0.3 is 0 Å². The highest BCUT2D eigenvalue weighted by molar-refractivity contribution is 8.14. The zero-order chi connectivity index (χ0) is 32.4. The van der Waals surface area contributed by atoms with Crippen LogP contribution in [-0.4, -0.2) is 20.7 Å². The third-order valence-corrected chi connectivity index (χ3v) is 11.3. The van der Waals surface area contributed by atoms with E-state index >= 15 is 0 Å². The molecule has 0 heterocycles. The summed E-state index contributed by atoms with van der Waals surface area (Å²) in [4.78, 5) is 24.8. The van der Waals surface area contributed by atoms with E-state index in [0.29, 0.717) is 23.3 Å². The highest BCUT2D eigenvalue weighted by Gasteiger charge is 2.14. The van der Waals surface area contributed by atoms with E-state index in [-0.39, 0.29) is 10.2 Å². The van der Waals surface area contributed by atoms with Crippen LogP contribution in [-0.2, 0) is 9.59 Å². The summed E-state index contributed by atoms with van der Waals surface area (Å²) in [6.07, 6.45) is 41.8. The lowest BCUT2D eigenvalue weighted by Gasteiger charge is -2.11. The quantitative estimate of drug-likeness (QED) is 0.0637. The molecule has 0 aliphatic carbocycles. The maximum Gasteiger partial charge on any atom is 0.189 e. The Morgan fingerprint density at radius 1 is 0.364 bits per heavy atom. The first-order valence-electron chi connectivity index (χ1n) is 19.9. The van der Waals surface area contributed by atoms with Crippen molar-refractivity contribution >= 4 is 33.8 Å². The molecule has 0 spiro atoms. The van der Waals surface area contributed by atoms with E-state index in [2.05, 4.69) is 27.7 Å². The van der Waals surface area contributed by atoms with Gasteiger partial charge in [-0.15, -0.1) is 0 Å². The van der Waals surface area contributed by atoms with Crippen LogP contribution in [0.3, 0.4) is 0 Å². The fraction of sp³-hybridized carbons (Fsp3) is 0.950. The molecule has 2 atom stereocenters. The van der Waals surface area contributed by atoms with Crippen molar-refractivity contribution < 1.29 is 9.59 Å². The maximum atomic E-state index is 12.4. The second-order valence-electron chi connectivity index (χ2n) is 13.9. The Hall–Kier alpha value is 0.0400. The number of hydrogen-bond acceptors (Lipinski definition) is 4. The van der Waals surface area contributed by atoms with Crippen molar-refractivity contribution in [2.75, 3.05) is 0 Å². The van der Waals surface area contributed by atoms with E-state index in [4.69, 9.17) is 0 Å². The molecule has 4 heteroatoms. The second kappa shape index (κ2) is 35.9. The highest BCUT2D eigenvalue weighted by Crippen LogP contribution is 2.24. The Labute approximate surface area is 286 Å². The van der Waals surface area contributed by atoms with E-state index in [1.54, 1.807) is 0 Å². The van der Waals surface area contributed by atoms with Gasteiger partial charge in [0.1, 0.15) is 0 Å². The molecule has 0 radical (unpaired) electrons. The van der Waals surface area contributed by atoms with Crippen molar-refractivity contribution in [3.8, 4) is 0 Å². The number of unbranched alkanes of at least 4 members (excludes halogenated alkanes) is 26. The zero-order valence-corrected chi connectivity index (χ0v) is 32.0. The zero-order valence-electron chi connectivity index (χ0n) is 30.4. The molecule has 44 heavy (non-hydrogen) atoms. The number of carbonyl (C=O) groups excluding carboxylic acids is 2. The average Bonchev–Trinajstić information content (AvgIpc) is 3.00. The minimum absolute atomic E-state index is 0.205. The summed E-state index contributed by atoms with van der Waals surface area (Å²) in [5, 5.41) is 1.16. The van der Waals surface area contributed by atoms with Crippen molar-refractivity contribution in [3.63, 3.8) is 0 Å². The van der Waals surface area contributed by atoms with Crippen molar-refractivity contribution in [1.29, 1.82) is 0 Å². The predicted octanol–water partition coefficient (Wildman–Crippen LogP) is 14.8. The van der Waals surface area contributed by atoms with Crippen molar-refractivity contribution in [2.45, 2.75) is 244 Å². The second-order valence-corrected chi connectivity index (χ2v) is 16.9. The fourth-order valence-electron chi connectivity index (χ4n) is 6.14. The van der Waals surface area contributed by atoms with Gasteiger partial charge in [0.15, 0.2) is 10.2 Å². The lowest BCUT2D eigenvalue weighted by molar-refractivity contribution is -0.115. The Morgan fingerprint density at radius 3 is 0.795 bits per heavy atom. The minimum atomic E-state index is 0.205. The molecule has 0 bridgehead atoms. The normalized spacial score (nSPS) is 12.9. The Morgan fingerprint density at radius 2 is 0.568 bits per heavy atom. The van der Waals surface area contributed by atoms with Gasteiger partial charge in [-0.3, -0.25) is 9.59 Å². The molecule has 0 aromatic carbocycles. The molecule has 0 saturated carbocycles. The van der Waals surface area contributed by atoms with E-state index < -0.39 is 0 Å². The molecule has 0 rings (SSSR count). The van der Waals surface area contributed by atoms with Gasteiger partial charge in [0, 0.05) is 23.3 Å². The van der Waals surface area contributed by atoms with E-state index in [0.717, 1.165) is 12.8 Å². The van der Waals surface area contributed by atoms with Gasteiger partial charge in [0.25, 0.3) is 0 Å². The van der Waals surface area contributed by atoms with Crippen molar-refractivity contribution in [3.05, 3.63) is 0 Å². The first-order valence-corrected chi connectivity index (χ1v) is 21.6. The average molecular weight is 655 g/mol. The summed E-state index contributed by atoms with van der Waals surface area (Å²) < 4.78 is 0. The standard InChI is InChI=1S/C40H78O2S2/c1-5-7-9-11-13-15-17-19-21-23-25-27-29-31-33-37(3)43-39(41)35-36-40(42)44-38(4)34-32-30-28-26-24-22-20-18-16-14-12-10-8-6-2/h37-38H,5-36H2,1-4H3. The largest absolute Gasteiger partial charge is 0.287 e. The van der Waals surface area contributed by atoms with Crippen LogP contribution in [0.4, 0.5) is 0 Å². The molecule has 0 amide bonds. The molecule has 2 nitrogen and oxygen atoms in total. The monoisotopic (exact) mass is 655 g/mol. The predicted molar refractivity (Wildman–Crippen MR) is 203 cm³/mol. The number of hydrogen-bond donors (Lipinski definition) is 0. The molecule has 0 aliphatic heterocycles. The molecule has 0 aromatic rings. The summed E-state index contributed by atoms with van der Waals surface area (Å²) in [5.74, 6) is 0. The van der Waals surface area contributed by atoms with Crippen LogP contribution in [0.15, 0.2) is 0 Å². The van der Waals surface area contributed by atoms with Crippen LogP contribution in [0, 0.1) is 0 Å². The van der Waals surface area contributed by atoms with Gasteiger partial charge in [-0.25, -0.2) is 0 Å². The van der Waals surface area contributed by atoms with Crippen molar-refractivity contribution in [1.82, 2.24) is 0 Å². The van der Waals surface area contributed by atoms with Crippen LogP contribution in [0.1, 0.15) is 233 Å². The molecule has 0 aliphatic rings. The van der Waals surface area contributed by atoms with Crippen molar-refractivity contribution in [2.24, 2.45) is 0 Å². The molecular weight excluding hydrogens is 577 g/mol. The van der Waals surface area contributed by atoms with E-state index in [9.17, 15) is 9.59 Å². The first kappa shape index (κ1) is 44.0. The van der Waals surface area contributed by atoms with Gasteiger partial charge in [-0.2, -0.15) is 0 Å². The highest BCUT2D eigenvalue weighted by atomic mass is 32.2. The lowest BCUT2D eigenvalue weighted by Crippen LogP contribution is -2.07. The van der Waals surface area contributed by atoms with Gasteiger partial charge in [-0.1, -0.05) is 231 Å². The van der Waals surface area contributed by atoms with E-state index in [1.165, 1.54) is 203 Å². The summed E-state index contributed by atoms with van der Waals surface area (Å²) in [5.41, 5.74) is 0. The topological polar surface area (TPSA) is 34.1 Å². The molecule has 262 valence electrons. The van der Waals surface area contributed by atoms with Crippen LogP contribution in [0.2, 0.25) is 0 Å².